The third-order valence-electron chi connectivity index (χ3n) is 6.39. The van der Waals surface area contributed by atoms with Crippen LogP contribution in [-0.4, -0.2) is 0 Å². The summed E-state index contributed by atoms with van der Waals surface area (Å²) in [6.45, 7) is 2.05. The molecule has 0 bridgehead atoms. The van der Waals surface area contributed by atoms with Gasteiger partial charge in [0.1, 0.15) is 17.1 Å². The maximum absolute atomic E-state index is 15.0. The summed E-state index contributed by atoms with van der Waals surface area (Å²) < 4.78 is 120. The summed E-state index contributed by atoms with van der Waals surface area (Å²) in [5, 5.41) is 0.0312. The van der Waals surface area contributed by atoms with E-state index in [1.54, 1.807) is 18.2 Å². The predicted octanol–water partition coefficient (Wildman–Crippen LogP) is 9.58. The van der Waals surface area contributed by atoms with Gasteiger partial charge in [0.25, 0.3) is 0 Å². The monoisotopic (exact) mass is 546 g/mol. The van der Waals surface area contributed by atoms with Crippen LogP contribution in [0, 0.1) is 34.9 Å². The van der Waals surface area contributed by atoms with Crippen LogP contribution in [0.15, 0.2) is 66.7 Å². The third kappa shape index (κ3) is 4.77. The Morgan fingerprint density at radius 2 is 1.36 bits per heavy atom. The number of halogens is 8. The second kappa shape index (κ2) is 9.87. The van der Waals surface area contributed by atoms with E-state index >= 15 is 4.39 Å². The van der Waals surface area contributed by atoms with Gasteiger partial charge >= 0.3 is 6.11 Å². The fourth-order valence-corrected chi connectivity index (χ4v) is 4.53. The summed E-state index contributed by atoms with van der Waals surface area (Å²) in [6.07, 6.45) is -2.67. The van der Waals surface area contributed by atoms with Gasteiger partial charge in [0.05, 0.1) is 5.39 Å². The van der Waals surface area contributed by atoms with Crippen LogP contribution >= 0.6 is 0 Å². The normalized spacial score (nSPS) is 11.9. The first-order valence-corrected chi connectivity index (χ1v) is 11.8. The molecule has 0 spiro atoms. The molecule has 0 unspecified atom stereocenters. The van der Waals surface area contributed by atoms with Crippen molar-refractivity contribution in [1.82, 2.24) is 0 Å². The molecule has 0 fully saturated rings. The molecule has 0 aromatic heterocycles. The second-order valence-electron chi connectivity index (χ2n) is 9.04. The SMILES string of the molecule is CCCc1ccc2cc(-c3ccc(C(F)(F)Oc4cc(F)c5c(F)c(F)c(F)cc5c4)c(F)c3F)ccc2c1. The average molecular weight is 546 g/mol. The van der Waals surface area contributed by atoms with Crippen LogP contribution in [0.25, 0.3) is 32.7 Å². The Hall–Kier alpha value is -4.14. The van der Waals surface area contributed by atoms with Gasteiger partial charge in [0, 0.05) is 11.6 Å². The van der Waals surface area contributed by atoms with Crippen molar-refractivity contribution >= 4 is 21.5 Å². The third-order valence-corrected chi connectivity index (χ3v) is 6.39. The molecule has 0 heterocycles. The Bertz CT molecular complexity index is 1750. The molecule has 39 heavy (non-hydrogen) atoms. The molecule has 0 amide bonds. The Morgan fingerprint density at radius 1 is 0.641 bits per heavy atom. The van der Waals surface area contributed by atoms with E-state index < -0.39 is 63.1 Å². The smallest absolute Gasteiger partial charge is 0.429 e. The first kappa shape index (κ1) is 26.5. The largest absolute Gasteiger partial charge is 0.429 e. The van der Waals surface area contributed by atoms with Crippen molar-refractivity contribution in [1.29, 1.82) is 0 Å². The summed E-state index contributed by atoms with van der Waals surface area (Å²) in [6, 6.07) is 13.5. The minimum atomic E-state index is -4.51. The van der Waals surface area contributed by atoms with E-state index in [-0.39, 0.29) is 11.1 Å². The number of fused-ring (bicyclic) bond motifs is 2. The average Bonchev–Trinajstić information content (AvgIpc) is 2.88. The van der Waals surface area contributed by atoms with Gasteiger partial charge in [-0.1, -0.05) is 49.7 Å². The van der Waals surface area contributed by atoms with Gasteiger partial charge in [0.2, 0.25) is 0 Å². The molecule has 0 saturated carbocycles. The molecule has 9 heteroatoms. The van der Waals surface area contributed by atoms with Crippen LogP contribution in [0.4, 0.5) is 35.1 Å². The standard InChI is InChI=1S/C30H18F8O/c1-2-3-15-4-5-17-11-18(7-6-16(17)10-15)21-8-9-22(27(34)26(21)33)30(37,38)39-20-12-19-13-24(32)28(35)29(36)25(19)23(31)14-20/h4-14H,2-3H2,1H3. The Morgan fingerprint density at radius 3 is 2.10 bits per heavy atom. The Balaban J connectivity index is 1.49. The lowest BCUT2D eigenvalue weighted by Gasteiger charge is -2.20. The molecule has 0 aliphatic carbocycles. The van der Waals surface area contributed by atoms with Crippen LogP contribution < -0.4 is 4.74 Å². The highest BCUT2D eigenvalue weighted by molar-refractivity contribution is 5.88. The fourth-order valence-electron chi connectivity index (χ4n) is 4.53. The molecular formula is C30H18F8O. The molecule has 5 rings (SSSR count). The van der Waals surface area contributed by atoms with Crippen molar-refractivity contribution in [2.45, 2.75) is 25.9 Å². The van der Waals surface area contributed by atoms with Crippen molar-refractivity contribution < 1.29 is 39.9 Å². The highest BCUT2D eigenvalue weighted by Crippen LogP contribution is 2.39. The van der Waals surface area contributed by atoms with Crippen molar-refractivity contribution in [3.8, 4) is 16.9 Å². The minimum Gasteiger partial charge on any atom is -0.429 e. The van der Waals surface area contributed by atoms with E-state index in [2.05, 4.69) is 4.74 Å². The van der Waals surface area contributed by atoms with E-state index in [0.29, 0.717) is 24.3 Å². The molecule has 5 aromatic rings. The molecule has 0 N–H and O–H groups in total. The maximum atomic E-state index is 15.0. The zero-order valence-corrected chi connectivity index (χ0v) is 20.2. The van der Waals surface area contributed by atoms with Crippen LogP contribution in [0.3, 0.4) is 0 Å². The number of alkyl halides is 2. The van der Waals surface area contributed by atoms with E-state index in [9.17, 15) is 30.7 Å². The zero-order chi connectivity index (χ0) is 28.1. The number of benzene rings is 5. The summed E-state index contributed by atoms with van der Waals surface area (Å²) in [5.41, 5.74) is -0.372. The predicted molar refractivity (Wildman–Crippen MR) is 132 cm³/mol. The first-order chi connectivity index (χ1) is 18.5. The van der Waals surface area contributed by atoms with Crippen LogP contribution in [0.5, 0.6) is 5.75 Å². The number of ether oxygens (including phenoxy) is 1. The second-order valence-corrected chi connectivity index (χ2v) is 9.04. The van der Waals surface area contributed by atoms with Gasteiger partial charge in [-0.05, 0) is 58.0 Å². The lowest BCUT2D eigenvalue weighted by Crippen LogP contribution is -2.24. The van der Waals surface area contributed by atoms with E-state index in [4.69, 9.17) is 0 Å². The van der Waals surface area contributed by atoms with Crippen molar-refractivity contribution in [3.63, 3.8) is 0 Å². The Kier molecular flexibility index (Phi) is 6.70. The molecule has 0 aliphatic heterocycles. The maximum Gasteiger partial charge on any atom is 0.429 e. The highest BCUT2D eigenvalue weighted by atomic mass is 19.3. The van der Waals surface area contributed by atoms with Crippen molar-refractivity contribution in [3.05, 3.63) is 113 Å². The van der Waals surface area contributed by atoms with E-state index in [0.717, 1.165) is 35.2 Å². The van der Waals surface area contributed by atoms with Gasteiger partial charge in [-0.15, -0.1) is 0 Å². The van der Waals surface area contributed by atoms with Crippen LogP contribution in [0.1, 0.15) is 24.5 Å². The molecule has 200 valence electrons. The van der Waals surface area contributed by atoms with Crippen LogP contribution in [0.2, 0.25) is 0 Å². The summed E-state index contributed by atoms with van der Waals surface area (Å²) in [7, 11) is 0. The van der Waals surface area contributed by atoms with Gasteiger partial charge < -0.3 is 4.74 Å². The molecule has 0 saturated heterocycles. The quantitative estimate of drug-likeness (QED) is 0.152. The first-order valence-electron chi connectivity index (χ1n) is 11.8. The molecule has 0 radical (unpaired) electrons. The Labute approximate surface area is 217 Å². The molecule has 0 aliphatic rings. The fraction of sp³-hybridized carbons (Fsp3) is 0.133. The van der Waals surface area contributed by atoms with Gasteiger partial charge in [-0.2, -0.15) is 8.78 Å². The van der Waals surface area contributed by atoms with E-state index in [1.165, 1.54) is 0 Å². The summed E-state index contributed by atoms with van der Waals surface area (Å²) >= 11 is 0. The molecule has 5 aromatic carbocycles. The van der Waals surface area contributed by atoms with Crippen molar-refractivity contribution in [2.24, 2.45) is 0 Å². The van der Waals surface area contributed by atoms with Gasteiger partial charge in [0.15, 0.2) is 29.1 Å². The van der Waals surface area contributed by atoms with Crippen molar-refractivity contribution in [2.75, 3.05) is 0 Å². The minimum absolute atomic E-state index is 0.255. The highest BCUT2D eigenvalue weighted by Gasteiger charge is 2.40. The van der Waals surface area contributed by atoms with Gasteiger partial charge in [-0.25, -0.2) is 26.3 Å². The molecular weight excluding hydrogens is 528 g/mol. The zero-order valence-electron chi connectivity index (χ0n) is 20.2. The summed E-state index contributed by atoms with van der Waals surface area (Å²) in [5.74, 6) is -11.4. The topological polar surface area (TPSA) is 9.23 Å². The number of hydrogen-bond acceptors (Lipinski definition) is 1. The molecule has 1 nitrogen and oxygen atoms in total. The number of hydrogen-bond donors (Lipinski definition) is 0. The number of aryl methyl sites for hydroxylation is 1. The lowest BCUT2D eigenvalue weighted by molar-refractivity contribution is -0.187. The number of rotatable bonds is 6. The summed E-state index contributed by atoms with van der Waals surface area (Å²) in [4.78, 5) is 0. The van der Waals surface area contributed by atoms with E-state index in [1.807, 2.05) is 25.1 Å². The van der Waals surface area contributed by atoms with Crippen LogP contribution in [-0.2, 0) is 12.5 Å². The van der Waals surface area contributed by atoms with Gasteiger partial charge in [-0.3, -0.25) is 0 Å². The molecule has 0 atom stereocenters. The lowest BCUT2D eigenvalue weighted by atomic mass is 9.97.